The second-order valence-corrected chi connectivity index (χ2v) is 6.39. The summed E-state index contributed by atoms with van der Waals surface area (Å²) in [7, 11) is 0. The van der Waals surface area contributed by atoms with Gasteiger partial charge in [-0.25, -0.2) is 4.79 Å². The molecule has 0 atom stereocenters. The van der Waals surface area contributed by atoms with Crippen LogP contribution < -0.4 is 5.32 Å². The summed E-state index contributed by atoms with van der Waals surface area (Å²) in [5.41, 5.74) is 0. The van der Waals surface area contributed by atoms with Crippen LogP contribution in [0, 0.1) is 11.8 Å². The Morgan fingerprint density at radius 1 is 1.15 bits per heavy atom. The van der Waals surface area contributed by atoms with Gasteiger partial charge in [-0.3, -0.25) is 4.79 Å². The van der Waals surface area contributed by atoms with Gasteiger partial charge in [-0.05, 0) is 24.7 Å². The Labute approximate surface area is 122 Å². The third kappa shape index (κ3) is 6.26. The number of nitrogens with one attached hydrogen (secondary N) is 1. The van der Waals surface area contributed by atoms with E-state index in [9.17, 15) is 9.59 Å². The molecule has 0 aliphatic carbocycles. The van der Waals surface area contributed by atoms with E-state index >= 15 is 0 Å². The quantitative estimate of drug-likeness (QED) is 0.843. The Hall–Kier alpha value is -1.26. The third-order valence-electron chi connectivity index (χ3n) is 3.30. The van der Waals surface area contributed by atoms with E-state index in [4.69, 9.17) is 4.74 Å². The highest BCUT2D eigenvalue weighted by atomic mass is 16.5. The van der Waals surface area contributed by atoms with Crippen LogP contribution in [0.2, 0.25) is 0 Å². The molecule has 0 aromatic rings. The van der Waals surface area contributed by atoms with Gasteiger partial charge in [0, 0.05) is 25.6 Å². The molecule has 1 aliphatic rings. The zero-order valence-corrected chi connectivity index (χ0v) is 13.1. The number of amides is 2. The summed E-state index contributed by atoms with van der Waals surface area (Å²) >= 11 is 0. The predicted molar refractivity (Wildman–Crippen MR) is 78.4 cm³/mol. The molecule has 0 unspecified atom stereocenters. The maximum atomic E-state index is 11.9. The predicted octanol–water partition coefficient (Wildman–Crippen LogP) is 2.41. The Balaban J connectivity index is 2.25. The molecular formula is C15H28N2O3. The number of likely N-dealkylation sites (tertiary alicyclic amines) is 1. The van der Waals surface area contributed by atoms with Gasteiger partial charge in [0.05, 0.1) is 6.61 Å². The summed E-state index contributed by atoms with van der Waals surface area (Å²) in [5, 5.41) is 2.88. The van der Waals surface area contributed by atoms with Gasteiger partial charge in [0.2, 0.25) is 5.91 Å². The summed E-state index contributed by atoms with van der Waals surface area (Å²) in [4.78, 5) is 25.4. The number of alkyl carbamates (subject to hydrolysis) is 1. The van der Waals surface area contributed by atoms with E-state index in [0.717, 1.165) is 25.9 Å². The van der Waals surface area contributed by atoms with Crippen LogP contribution in [0.5, 0.6) is 0 Å². The molecule has 0 saturated carbocycles. The van der Waals surface area contributed by atoms with E-state index in [0.29, 0.717) is 24.9 Å². The highest BCUT2D eigenvalue weighted by Crippen LogP contribution is 2.13. The lowest BCUT2D eigenvalue weighted by Crippen LogP contribution is -2.47. The first-order valence-electron chi connectivity index (χ1n) is 7.59. The standard InChI is InChI=1S/C15H28N2O3/c1-11(2)9-14(18)17-7-5-13(6-8-17)16-15(19)20-10-12(3)4/h11-13H,5-10H2,1-4H3,(H,16,19). The fraction of sp³-hybridized carbons (Fsp3) is 0.867. The van der Waals surface area contributed by atoms with Crippen molar-refractivity contribution in [3.63, 3.8) is 0 Å². The molecule has 0 aromatic carbocycles. The van der Waals surface area contributed by atoms with E-state index in [1.807, 2.05) is 18.7 Å². The molecule has 1 heterocycles. The van der Waals surface area contributed by atoms with Crippen LogP contribution in [-0.2, 0) is 9.53 Å². The fourth-order valence-corrected chi connectivity index (χ4v) is 2.20. The number of carbonyl (C=O) groups excluding carboxylic acids is 2. The van der Waals surface area contributed by atoms with Gasteiger partial charge in [-0.2, -0.15) is 0 Å². The van der Waals surface area contributed by atoms with Crippen molar-refractivity contribution in [1.82, 2.24) is 10.2 Å². The van der Waals surface area contributed by atoms with Gasteiger partial charge in [-0.1, -0.05) is 27.7 Å². The first-order valence-corrected chi connectivity index (χ1v) is 7.59. The van der Waals surface area contributed by atoms with Crippen molar-refractivity contribution in [2.45, 2.75) is 53.0 Å². The molecule has 0 radical (unpaired) electrons. The summed E-state index contributed by atoms with van der Waals surface area (Å²) in [6, 6.07) is 0.123. The van der Waals surface area contributed by atoms with Crippen molar-refractivity contribution < 1.29 is 14.3 Å². The van der Waals surface area contributed by atoms with E-state index in [1.165, 1.54) is 0 Å². The number of piperidine rings is 1. The lowest BCUT2D eigenvalue weighted by atomic mass is 10.0. The Bertz CT molecular complexity index is 321. The first kappa shape index (κ1) is 16.8. The van der Waals surface area contributed by atoms with E-state index in [2.05, 4.69) is 19.2 Å². The van der Waals surface area contributed by atoms with Gasteiger partial charge in [0.15, 0.2) is 0 Å². The Morgan fingerprint density at radius 2 is 1.75 bits per heavy atom. The number of carbonyl (C=O) groups is 2. The molecule has 0 aromatic heterocycles. The highest BCUT2D eigenvalue weighted by Gasteiger charge is 2.24. The van der Waals surface area contributed by atoms with Gasteiger partial charge in [0.25, 0.3) is 0 Å². The van der Waals surface area contributed by atoms with Crippen LogP contribution in [0.3, 0.4) is 0 Å². The van der Waals surface area contributed by atoms with Crippen LogP contribution in [0.1, 0.15) is 47.0 Å². The van der Waals surface area contributed by atoms with Gasteiger partial charge >= 0.3 is 6.09 Å². The maximum Gasteiger partial charge on any atom is 0.407 e. The van der Waals surface area contributed by atoms with Crippen molar-refractivity contribution in [2.24, 2.45) is 11.8 Å². The largest absolute Gasteiger partial charge is 0.449 e. The van der Waals surface area contributed by atoms with Gasteiger partial charge in [-0.15, -0.1) is 0 Å². The number of rotatable bonds is 5. The van der Waals surface area contributed by atoms with E-state index in [1.54, 1.807) is 0 Å². The topological polar surface area (TPSA) is 58.6 Å². The van der Waals surface area contributed by atoms with Crippen LogP contribution in [0.4, 0.5) is 4.79 Å². The smallest absolute Gasteiger partial charge is 0.407 e. The van der Waals surface area contributed by atoms with Crippen LogP contribution in [-0.4, -0.2) is 42.6 Å². The van der Waals surface area contributed by atoms with Crippen molar-refractivity contribution in [1.29, 1.82) is 0 Å². The zero-order chi connectivity index (χ0) is 15.1. The lowest BCUT2D eigenvalue weighted by molar-refractivity contribution is -0.133. The molecule has 5 nitrogen and oxygen atoms in total. The summed E-state index contributed by atoms with van der Waals surface area (Å²) < 4.78 is 5.10. The molecule has 0 bridgehead atoms. The minimum absolute atomic E-state index is 0.123. The SMILES string of the molecule is CC(C)COC(=O)NC1CCN(C(=O)CC(C)C)CC1. The fourth-order valence-electron chi connectivity index (χ4n) is 2.20. The first-order chi connectivity index (χ1) is 9.38. The molecule has 0 spiro atoms. The molecule has 1 fully saturated rings. The summed E-state index contributed by atoms with van der Waals surface area (Å²) in [6.07, 6.45) is 1.88. The van der Waals surface area contributed by atoms with Gasteiger partial charge in [0.1, 0.15) is 0 Å². The second-order valence-electron chi connectivity index (χ2n) is 6.39. The molecule has 116 valence electrons. The molecule has 2 amide bonds. The molecule has 1 rings (SSSR count). The lowest BCUT2D eigenvalue weighted by Gasteiger charge is -2.32. The Kier molecular flexibility index (Phi) is 6.82. The van der Waals surface area contributed by atoms with Gasteiger partial charge < -0.3 is 15.0 Å². The molecular weight excluding hydrogens is 256 g/mol. The molecule has 5 heteroatoms. The Morgan fingerprint density at radius 3 is 2.25 bits per heavy atom. The van der Waals surface area contributed by atoms with E-state index < -0.39 is 0 Å². The summed E-state index contributed by atoms with van der Waals surface area (Å²) in [5.74, 6) is 0.960. The maximum absolute atomic E-state index is 11.9. The number of hydrogen-bond donors (Lipinski definition) is 1. The van der Waals surface area contributed by atoms with Crippen molar-refractivity contribution in [2.75, 3.05) is 19.7 Å². The minimum Gasteiger partial charge on any atom is -0.449 e. The van der Waals surface area contributed by atoms with Crippen molar-refractivity contribution in [3.8, 4) is 0 Å². The number of nitrogens with zero attached hydrogens (tertiary/aromatic N) is 1. The van der Waals surface area contributed by atoms with E-state index in [-0.39, 0.29) is 18.0 Å². The van der Waals surface area contributed by atoms with Crippen molar-refractivity contribution >= 4 is 12.0 Å². The number of hydrogen-bond acceptors (Lipinski definition) is 3. The number of ether oxygens (including phenoxy) is 1. The van der Waals surface area contributed by atoms with Crippen LogP contribution in [0.25, 0.3) is 0 Å². The van der Waals surface area contributed by atoms with Crippen LogP contribution in [0.15, 0.2) is 0 Å². The monoisotopic (exact) mass is 284 g/mol. The molecule has 1 aliphatic heterocycles. The molecule has 20 heavy (non-hydrogen) atoms. The molecule has 1 saturated heterocycles. The van der Waals surface area contributed by atoms with Crippen LogP contribution >= 0.6 is 0 Å². The minimum atomic E-state index is -0.342. The third-order valence-corrected chi connectivity index (χ3v) is 3.30. The normalized spacial score (nSPS) is 16.6. The zero-order valence-electron chi connectivity index (χ0n) is 13.1. The average molecular weight is 284 g/mol. The summed E-state index contributed by atoms with van der Waals surface area (Å²) in [6.45, 7) is 10.0. The second kappa shape index (κ2) is 8.12. The highest BCUT2D eigenvalue weighted by molar-refractivity contribution is 5.76. The molecule has 1 N–H and O–H groups in total. The average Bonchev–Trinajstić information content (AvgIpc) is 2.36. The van der Waals surface area contributed by atoms with Crippen molar-refractivity contribution in [3.05, 3.63) is 0 Å².